The number of aryl methyl sites for hydroxylation is 2. The maximum absolute atomic E-state index is 13.8. The van der Waals surface area contributed by atoms with E-state index in [2.05, 4.69) is 53.0 Å². The first kappa shape index (κ1) is 19.1. The van der Waals surface area contributed by atoms with Gasteiger partial charge in [-0.25, -0.2) is 0 Å². The lowest BCUT2D eigenvalue weighted by atomic mass is 9.87. The van der Waals surface area contributed by atoms with Gasteiger partial charge in [-0.2, -0.15) is 0 Å². The van der Waals surface area contributed by atoms with E-state index < -0.39 is 5.60 Å². The molecule has 0 saturated carbocycles. The summed E-state index contributed by atoms with van der Waals surface area (Å²) in [6.45, 7) is 4.52. The molecular weight excluding hydrogens is 440 g/mol. The molecule has 4 nitrogen and oxygen atoms in total. The predicted octanol–water partition coefficient (Wildman–Crippen LogP) is 5.33. The monoisotopic (exact) mass is 460 g/mol. The first-order valence-corrected chi connectivity index (χ1v) is 10.7. The summed E-state index contributed by atoms with van der Waals surface area (Å²) in [5, 5.41) is 12.8. The van der Waals surface area contributed by atoms with Gasteiger partial charge in [0.2, 0.25) is 0 Å². The van der Waals surface area contributed by atoms with Crippen molar-refractivity contribution in [2.75, 3.05) is 4.90 Å². The molecule has 1 aliphatic rings. The summed E-state index contributed by atoms with van der Waals surface area (Å²) in [4.78, 5) is 18.7. The molecule has 5 rings (SSSR count). The Morgan fingerprint density at radius 2 is 1.83 bits per heavy atom. The van der Waals surface area contributed by atoms with Crippen molar-refractivity contribution >= 4 is 38.4 Å². The topological polar surface area (TPSA) is 56.3 Å². The minimum Gasteiger partial charge on any atom is -0.372 e. The molecule has 1 amide bonds. The zero-order chi connectivity index (χ0) is 21.0. The van der Waals surface area contributed by atoms with Gasteiger partial charge in [0, 0.05) is 32.7 Å². The van der Waals surface area contributed by atoms with E-state index in [0.717, 1.165) is 32.2 Å². The standard InChI is InChI=1S/C25H21BrN2O2/c1-15-7-8-17(16(2)11-15)14-28-23-10-9-18(26)12-20(23)25(30,24(28)29)21-13-27-22-6-4-3-5-19(21)22/h3-13,27,30H,14H2,1-2H3. The van der Waals surface area contributed by atoms with Gasteiger partial charge in [0.15, 0.2) is 5.60 Å². The third-order valence-corrected chi connectivity index (χ3v) is 6.49. The smallest absolute Gasteiger partial charge is 0.268 e. The number of fused-ring (bicyclic) bond motifs is 2. The summed E-state index contributed by atoms with van der Waals surface area (Å²) in [5.74, 6) is -0.333. The van der Waals surface area contributed by atoms with Crippen LogP contribution in [-0.2, 0) is 16.9 Å². The van der Waals surface area contributed by atoms with Crippen LogP contribution >= 0.6 is 15.9 Å². The van der Waals surface area contributed by atoms with Gasteiger partial charge in [0.05, 0.1) is 12.2 Å². The molecule has 1 aliphatic heterocycles. The van der Waals surface area contributed by atoms with E-state index in [-0.39, 0.29) is 5.91 Å². The number of aromatic amines is 1. The van der Waals surface area contributed by atoms with Gasteiger partial charge in [-0.1, -0.05) is 57.9 Å². The second-order valence-corrected chi connectivity index (χ2v) is 8.86. The summed E-state index contributed by atoms with van der Waals surface area (Å²) < 4.78 is 0.820. The van der Waals surface area contributed by atoms with Gasteiger partial charge < -0.3 is 15.0 Å². The molecule has 0 aliphatic carbocycles. The van der Waals surface area contributed by atoms with E-state index in [4.69, 9.17) is 0 Å². The number of hydrogen-bond acceptors (Lipinski definition) is 2. The molecule has 2 N–H and O–H groups in total. The predicted molar refractivity (Wildman–Crippen MR) is 123 cm³/mol. The average Bonchev–Trinajstić information content (AvgIpc) is 3.24. The van der Waals surface area contributed by atoms with Crippen LogP contribution in [0.25, 0.3) is 10.9 Å². The number of nitrogens with zero attached hydrogens (tertiary/aromatic N) is 1. The minimum absolute atomic E-state index is 0.333. The van der Waals surface area contributed by atoms with E-state index in [9.17, 15) is 9.90 Å². The van der Waals surface area contributed by atoms with Crippen LogP contribution in [0.1, 0.15) is 27.8 Å². The summed E-state index contributed by atoms with van der Waals surface area (Å²) in [6.07, 6.45) is 1.74. The Labute approximate surface area is 183 Å². The van der Waals surface area contributed by atoms with Crippen molar-refractivity contribution in [3.63, 3.8) is 0 Å². The maximum Gasteiger partial charge on any atom is 0.268 e. The quantitative estimate of drug-likeness (QED) is 0.434. The van der Waals surface area contributed by atoms with E-state index in [1.165, 1.54) is 5.56 Å². The minimum atomic E-state index is -1.75. The third-order valence-electron chi connectivity index (χ3n) is 6.00. The molecular formula is C25H21BrN2O2. The molecule has 150 valence electrons. The first-order valence-electron chi connectivity index (χ1n) is 9.86. The second kappa shape index (κ2) is 6.83. The van der Waals surface area contributed by atoms with Gasteiger partial charge >= 0.3 is 0 Å². The van der Waals surface area contributed by atoms with Crippen LogP contribution in [0, 0.1) is 13.8 Å². The number of hydrogen-bond donors (Lipinski definition) is 2. The fourth-order valence-corrected chi connectivity index (χ4v) is 4.80. The highest BCUT2D eigenvalue weighted by molar-refractivity contribution is 9.10. The van der Waals surface area contributed by atoms with Crippen molar-refractivity contribution in [2.24, 2.45) is 0 Å². The molecule has 0 saturated heterocycles. The molecule has 3 aromatic carbocycles. The van der Waals surface area contributed by atoms with Crippen molar-refractivity contribution in [1.82, 2.24) is 4.98 Å². The van der Waals surface area contributed by atoms with Crippen LogP contribution < -0.4 is 4.90 Å². The first-order chi connectivity index (χ1) is 14.4. The van der Waals surface area contributed by atoms with Crippen LogP contribution in [0.2, 0.25) is 0 Å². The van der Waals surface area contributed by atoms with Crippen molar-refractivity contribution in [3.05, 3.63) is 99.2 Å². The molecule has 4 aromatic rings. The third kappa shape index (κ3) is 2.73. The molecule has 0 bridgehead atoms. The Kier molecular flexibility index (Phi) is 4.34. The summed E-state index contributed by atoms with van der Waals surface area (Å²) in [7, 11) is 0. The molecule has 0 spiro atoms. The van der Waals surface area contributed by atoms with Crippen LogP contribution in [0.4, 0.5) is 5.69 Å². The molecule has 0 fully saturated rings. The maximum atomic E-state index is 13.8. The SMILES string of the molecule is Cc1ccc(CN2C(=O)C(O)(c3c[nH]c4ccccc34)c3cc(Br)ccc32)c(C)c1. The Hall–Kier alpha value is -2.89. The molecule has 1 aromatic heterocycles. The van der Waals surface area contributed by atoms with Crippen molar-refractivity contribution in [3.8, 4) is 0 Å². The fraction of sp³-hybridized carbons (Fsp3) is 0.160. The lowest BCUT2D eigenvalue weighted by molar-refractivity contribution is -0.132. The van der Waals surface area contributed by atoms with Gasteiger partial charge in [-0.15, -0.1) is 0 Å². The summed E-state index contributed by atoms with van der Waals surface area (Å²) in [6, 6.07) is 19.6. The number of carbonyl (C=O) groups is 1. The lowest BCUT2D eigenvalue weighted by Gasteiger charge is -2.24. The van der Waals surface area contributed by atoms with Crippen LogP contribution in [0.5, 0.6) is 0 Å². The molecule has 2 heterocycles. The fourth-order valence-electron chi connectivity index (χ4n) is 4.44. The zero-order valence-corrected chi connectivity index (χ0v) is 18.3. The number of nitrogens with one attached hydrogen (secondary N) is 1. The summed E-state index contributed by atoms with van der Waals surface area (Å²) >= 11 is 3.51. The molecule has 1 atom stereocenters. The van der Waals surface area contributed by atoms with Crippen molar-refractivity contribution < 1.29 is 9.90 Å². The Morgan fingerprint density at radius 3 is 2.63 bits per heavy atom. The Bertz CT molecular complexity index is 1310. The lowest BCUT2D eigenvalue weighted by Crippen LogP contribution is -2.40. The number of H-pyrrole nitrogens is 1. The Morgan fingerprint density at radius 1 is 1.03 bits per heavy atom. The van der Waals surface area contributed by atoms with Gasteiger partial charge in [0.25, 0.3) is 5.91 Å². The molecule has 30 heavy (non-hydrogen) atoms. The molecule has 5 heteroatoms. The van der Waals surface area contributed by atoms with E-state index >= 15 is 0 Å². The molecule has 1 unspecified atom stereocenters. The summed E-state index contributed by atoms with van der Waals surface area (Å²) in [5.41, 5.74) is 4.41. The zero-order valence-electron chi connectivity index (χ0n) is 16.7. The number of para-hydroxylation sites is 1. The number of aromatic nitrogens is 1. The second-order valence-electron chi connectivity index (χ2n) is 7.94. The number of halogens is 1. The van der Waals surface area contributed by atoms with Gasteiger partial charge in [-0.05, 0) is 49.2 Å². The number of amides is 1. The van der Waals surface area contributed by atoms with E-state index in [1.54, 1.807) is 11.1 Å². The number of rotatable bonds is 3. The molecule has 0 radical (unpaired) electrons. The highest BCUT2D eigenvalue weighted by Gasteiger charge is 2.52. The highest BCUT2D eigenvalue weighted by atomic mass is 79.9. The Balaban J connectivity index is 1.68. The largest absolute Gasteiger partial charge is 0.372 e. The van der Waals surface area contributed by atoms with Crippen LogP contribution in [-0.4, -0.2) is 16.0 Å². The van der Waals surface area contributed by atoms with Crippen LogP contribution in [0.15, 0.2) is 71.3 Å². The number of benzene rings is 3. The highest BCUT2D eigenvalue weighted by Crippen LogP contribution is 2.47. The average molecular weight is 461 g/mol. The number of anilines is 1. The number of aliphatic hydroxyl groups is 1. The van der Waals surface area contributed by atoms with Crippen molar-refractivity contribution in [2.45, 2.75) is 26.0 Å². The normalized spacial score (nSPS) is 18.3. The number of carbonyl (C=O) groups excluding carboxylic acids is 1. The van der Waals surface area contributed by atoms with E-state index in [0.29, 0.717) is 17.7 Å². The van der Waals surface area contributed by atoms with E-state index in [1.807, 2.05) is 42.5 Å². The van der Waals surface area contributed by atoms with Gasteiger partial charge in [0.1, 0.15) is 0 Å². The van der Waals surface area contributed by atoms with Crippen LogP contribution in [0.3, 0.4) is 0 Å². The van der Waals surface area contributed by atoms with Crippen molar-refractivity contribution in [1.29, 1.82) is 0 Å². The van der Waals surface area contributed by atoms with Gasteiger partial charge in [-0.3, -0.25) is 4.79 Å².